The molecule has 0 aliphatic carbocycles. The lowest BCUT2D eigenvalue weighted by Gasteiger charge is -2.19. The molecule has 0 spiro atoms. The molecule has 0 bridgehead atoms. The zero-order valence-corrected chi connectivity index (χ0v) is 33.2. The second-order valence-corrected chi connectivity index (χ2v) is 15.1. The van der Waals surface area contributed by atoms with E-state index < -0.39 is 12.1 Å². The lowest BCUT2D eigenvalue weighted by atomic mass is 10.0. The highest BCUT2D eigenvalue weighted by atomic mass is 16.3. The van der Waals surface area contributed by atoms with Gasteiger partial charge < -0.3 is 15.5 Å². The Kier molecular flexibility index (Phi) is 40.3. The van der Waals surface area contributed by atoms with Crippen molar-refractivity contribution in [2.45, 2.75) is 251 Å². The van der Waals surface area contributed by atoms with Crippen LogP contribution < -0.4 is 5.32 Å². The Morgan fingerprint density at radius 2 is 0.796 bits per heavy atom. The summed E-state index contributed by atoms with van der Waals surface area (Å²) >= 11 is 0. The maximum Gasteiger partial charge on any atom is 0.220 e. The van der Waals surface area contributed by atoms with Crippen molar-refractivity contribution in [3.05, 3.63) is 24.3 Å². The molecule has 1 amide bonds. The lowest BCUT2D eigenvalue weighted by molar-refractivity contribution is -0.123. The van der Waals surface area contributed by atoms with E-state index in [-0.39, 0.29) is 12.5 Å². The predicted octanol–water partition coefficient (Wildman–Crippen LogP) is 13.6. The van der Waals surface area contributed by atoms with E-state index in [0.29, 0.717) is 6.42 Å². The van der Waals surface area contributed by atoms with Crippen LogP contribution in [0.1, 0.15) is 239 Å². The van der Waals surface area contributed by atoms with Crippen LogP contribution >= 0.6 is 0 Å². The van der Waals surface area contributed by atoms with Gasteiger partial charge in [-0.2, -0.15) is 0 Å². The molecule has 3 N–H and O–H groups in total. The van der Waals surface area contributed by atoms with Crippen molar-refractivity contribution in [2.75, 3.05) is 6.61 Å². The third-order valence-corrected chi connectivity index (χ3v) is 10.2. The molecule has 0 aromatic rings. The number of allylic oxidation sites excluding steroid dienone is 3. The van der Waals surface area contributed by atoms with Gasteiger partial charge in [-0.1, -0.05) is 224 Å². The fraction of sp³-hybridized carbons (Fsp3) is 0.889. The van der Waals surface area contributed by atoms with Crippen LogP contribution in [0.5, 0.6) is 0 Å². The molecule has 0 radical (unpaired) electrons. The summed E-state index contributed by atoms with van der Waals surface area (Å²) < 4.78 is 0. The van der Waals surface area contributed by atoms with Gasteiger partial charge in [0.25, 0.3) is 0 Å². The minimum Gasteiger partial charge on any atom is -0.394 e. The van der Waals surface area contributed by atoms with Gasteiger partial charge in [-0.15, -0.1) is 0 Å². The van der Waals surface area contributed by atoms with Crippen molar-refractivity contribution < 1.29 is 15.0 Å². The maximum atomic E-state index is 12.3. The van der Waals surface area contributed by atoms with Crippen LogP contribution in [0.4, 0.5) is 0 Å². The molecule has 4 nitrogen and oxygen atoms in total. The van der Waals surface area contributed by atoms with Crippen LogP contribution in [0.25, 0.3) is 0 Å². The molecule has 0 fully saturated rings. The summed E-state index contributed by atoms with van der Waals surface area (Å²) in [7, 11) is 0. The van der Waals surface area contributed by atoms with E-state index in [1.165, 1.54) is 186 Å². The first-order chi connectivity index (χ1) is 24.2. The van der Waals surface area contributed by atoms with Crippen molar-refractivity contribution in [3.8, 4) is 0 Å². The Labute approximate surface area is 307 Å². The van der Waals surface area contributed by atoms with E-state index in [1.807, 2.05) is 6.08 Å². The molecule has 4 heteroatoms. The number of amides is 1. The van der Waals surface area contributed by atoms with Gasteiger partial charge in [0.05, 0.1) is 18.8 Å². The quantitative estimate of drug-likeness (QED) is 0.0443. The minimum atomic E-state index is -0.857. The highest BCUT2D eigenvalue weighted by Gasteiger charge is 2.17. The number of nitrogens with one attached hydrogen (secondary N) is 1. The number of hydrogen-bond donors (Lipinski definition) is 3. The third-order valence-electron chi connectivity index (χ3n) is 10.2. The van der Waals surface area contributed by atoms with Crippen LogP contribution in [-0.4, -0.2) is 34.9 Å². The largest absolute Gasteiger partial charge is 0.394 e. The van der Waals surface area contributed by atoms with Crippen molar-refractivity contribution in [3.63, 3.8) is 0 Å². The van der Waals surface area contributed by atoms with Gasteiger partial charge in [0, 0.05) is 6.42 Å². The van der Waals surface area contributed by atoms with E-state index in [2.05, 4.69) is 31.3 Å². The Morgan fingerprint density at radius 1 is 0.469 bits per heavy atom. The fourth-order valence-electron chi connectivity index (χ4n) is 6.78. The molecular weight excluding hydrogens is 602 g/mol. The summed E-state index contributed by atoms with van der Waals surface area (Å²) in [5, 5.41) is 22.9. The van der Waals surface area contributed by atoms with Gasteiger partial charge in [0.1, 0.15) is 0 Å². The number of carbonyl (C=O) groups is 1. The molecule has 0 aromatic heterocycles. The Hall–Kier alpha value is -1.13. The molecule has 2 unspecified atom stereocenters. The molecule has 0 saturated heterocycles. The summed E-state index contributed by atoms with van der Waals surface area (Å²) in [4.78, 5) is 12.3. The van der Waals surface area contributed by atoms with E-state index in [4.69, 9.17) is 0 Å². The number of carbonyl (C=O) groups excluding carboxylic acids is 1. The summed E-state index contributed by atoms with van der Waals surface area (Å²) in [5.41, 5.74) is 0. The summed E-state index contributed by atoms with van der Waals surface area (Å²) in [6.07, 6.45) is 53.0. The van der Waals surface area contributed by atoms with Gasteiger partial charge in [-0.25, -0.2) is 0 Å². The molecule has 0 heterocycles. The first kappa shape index (κ1) is 47.9. The van der Waals surface area contributed by atoms with Crippen LogP contribution in [0.3, 0.4) is 0 Å². The van der Waals surface area contributed by atoms with Crippen LogP contribution in [0.2, 0.25) is 0 Å². The topological polar surface area (TPSA) is 69.6 Å². The van der Waals surface area contributed by atoms with Gasteiger partial charge in [-0.05, 0) is 32.1 Å². The molecule has 0 saturated carbocycles. The van der Waals surface area contributed by atoms with E-state index in [9.17, 15) is 15.0 Å². The SMILES string of the molecule is CCCCCCCCCCCCCCCCCCCCCC/C=C/CC/C=C/C(O)C(CO)NC(=O)CCCCCCCCCCCCC. The van der Waals surface area contributed by atoms with Crippen LogP contribution in [-0.2, 0) is 4.79 Å². The Bertz CT molecular complexity index is 705. The highest BCUT2D eigenvalue weighted by molar-refractivity contribution is 5.76. The fourth-order valence-corrected chi connectivity index (χ4v) is 6.78. The minimum absolute atomic E-state index is 0.0737. The number of hydrogen-bond acceptors (Lipinski definition) is 3. The number of unbranched alkanes of at least 4 members (excludes halogenated alkanes) is 31. The highest BCUT2D eigenvalue weighted by Crippen LogP contribution is 2.16. The van der Waals surface area contributed by atoms with Gasteiger partial charge in [-0.3, -0.25) is 4.79 Å². The first-order valence-corrected chi connectivity index (χ1v) is 22.1. The lowest BCUT2D eigenvalue weighted by Crippen LogP contribution is -2.45. The summed E-state index contributed by atoms with van der Waals surface area (Å²) in [6.45, 7) is 4.30. The van der Waals surface area contributed by atoms with Gasteiger partial charge in [0.15, 0.2) is 0 Å². The van der Waals surface area contributed by atoms with Crippen LogP contribution in [0.15, 0.2) is 24.3 Å². The van der Waals surface area contributed by atoms with Crippen molar-refractivity contribution in [2.24, 2.45) is 0 Å². The zero-order chi connectivity index (χ0) is 35.7. The molecule has 0 rings (SSSR count). The van der Waals surface area contributed by atoms with E-state index >= 15 is 0 Å². The summed E-state index contributed by atoms with van der Waals surface area (Å²) in [5.74, 6) is -0.0737. The van der Waals surface area contributed by atoms with E-state index in [0.717, 1.165) is 32.1 Å². The Balaban J connectivity index is 3.53. The van der Waals surface area contributed by atoms with Crippen LogP contribution in [0, 0.1) is 0 Å². The predicted molar refractivity (Wildman–Crippen MR) is 216 cm³/mol. The standard InChI is InChI=1S/C45H87NO3/c1-3-5-7-9-11-13-15-16-17-18-19-20-21-22-23-24-25-26-27-28-29-31-32-34-36-38-40-44(48)43(42-47)46-45(49)41-39-37-35-33-30-14-12-10-8-6-4-2/h31-32,38,40,43-44,47-48H,3-30,33-37,39,41-42H2,1-2H3,(H,46,49)/b32-31+,40-38+. The first-order valence-electron chi connectivity index (χ1n) is 22.1. The number of aliphatic hydroxyl groups is 2. The molecule has 0 aliphatic rings. The number of aliphatic hydroxyl groups excluding tert-OH is 2. The average molecular weight is 690 g/mol. The molecular formula is C45H87NO3. The Morgan fingerprint density at radius 3 is 1.18 bits per heavy atom. The molecule has 0 aliphatic heterocycles. The summed E-state index contributed by atoms with van der Waals surface area (Å²) in [6, 6.07) is -0.633. The molecule has 0 aromatic carbocycles. The second kappa shape index (κ2) is 41.3. The smallest absolute Gasteiger partial charge is 0.220 e. The zero-order valence-electron chi connectivity index (χ0n) is 33.2. The average Bonchev–Trinajstić information content (AvgIpc) is 3.10. The number of rotatable bonds is 40. The van der Waals surface area contributed by atoms with Crippen molar-refractivity contribution in [1.29, 1.82) is 0 Å². The van der Waals surface area contributed by atoms with Gasteiger partial charge in [0.2, 0.25) is 5.91 Å². The monoisotopic (exact) mass is 690 g/mol. The molecule has 290 valence electrons. The second-order valence-electron chi connectivity index (χ2n) is 15.1. The van der Waals surface area contributed by atoms with Gasteiger partial charge >= 0.3 is 0 Å². The van der Waals surface area contributed by atoms with Crippen molar-refractivity contribution >= 4 is 5.91 Å². The van der Waals surface area contributed by atoms with E-state index in [1.54, 1.807) is 6.08 Å². The third kappa shape index (κ3) is 37.9. The molecule has 49 heavy (non-hydrogen) atoms. The normalized spacial score (nSPS) is 13.1. The molecule has 2 atom stereocenters. The van der Waals surface area contributed by atoms with Crippen molar-refractivity contribution in [1.82, 2.24) is 5.32 Å². The maximum absolute atomic E-state index is 12.3.